The zero-order valence-electron chi connectivity index (χ0n) is 11.3. The quantitative estimate of drug-likeness (QED) is 0.832. The number of nitrogens with zero attached hydrogens (tertiary/aromatic N) is 3. The van der Waals surface area contributed by atoms with Crippen LogP contribution in [0.3, 0.4) is 0 Å². The molecule has 2 heterocycles. The maximum atomic E-state index is 9.91. The molecule has 0 aliphatic carbocycles. The molecule has 0 radical (unpaired) electrons. The van der Waals surface area contributed by atoms with Crippen molar-refractivity contribution in [2.24, 2.45) is 5.92 Å². The highest BCUT2D eigenvalue weighted by Gasteiger charge is 2.27. The van der Waals surface area contributed by atoms with E-state index in [9.17, 15) is 5.11 Å². The van der Waals surface area contributed by atoms with Gasteiger partial charge < -0.3 is 14.8 Å². The molecule has 0 amide bonds. The maximum Gasteiger partial charge on any atom is 0.120 e. The summed E-state index contributed by atoms with van der Waals surface area (Å²) in [5.74, 6) is 0.00570. The van der Waals surface area contributed by atoms with Crippen LogP contribution in [-0.2, 0) is 13.1 Å². The number of likely N-dealkylation sites (tertiary alicyclic amines) is 1. The lowest BCUT2D eigenvalue weighted by Gasteiger charge is -2.34. The Kier molecular flexibility index (Phi) is 4.59. The number of hydrogen-bond donors (Lipinski definition) is 2. The van der Waals surface area contributed by atoms with Gasteiger partial charge in [-0.15, -0.1) is 0 Å². The van der Waals surface area contributed by atoms with Crippen LogP contribution in [0.25, 0.3) is 0 Å². The van der Waals surface area contributed by atoms with E-state index in [0.717, 1.165) is 31.6 Å². The Hall–Kier alpha value is -1.35. The summed E-state index contributed by atoms with van der Waals surface area (Å²) < 4.78 is 1.94. The fourth-order valence-electron chi connectivity index (χ4n) is 2.67. The van der Waals surface area contributed by atoms with Crippen molar-refractivity contribution in [2.75, 3.05) is 19.7 Å². The van der Waals surface area contributed by atoms with Gasteiger partial charge in [-0.25, -0.2) is 0 Å². The van der Waals surface area contributed by atoms with E-state index in [2.05, 4.69) is 11.0 Å². The maximum absolute atomic E-state index is 9.91. The molecule has 5 nitrogen and oxygen atoms in total. The highest BCUT2D eigenvalue weighted by atomic mass is 16.3. The van der Waals surface area contributed by atoms with Gasteiger partial charge >= 0.3 is 0 Å². The molecule has 104 valence electrons. The molecule has 2 N–H and O–H groups in total. The molecule has 1 fully saturated rings. The number of aryl methyl sites for hydroxylation is 1. The molecule has 5 heteroatoms. The average Bonchev–Trinajstić information content (AvgIpc) is 2.81. The summed E-state index contributed by atoms with van der Waals surface area (Å²) in [5.41, 5.74) is 1.79. The van der Waals surface area contributed by atoms with Crippen molar-refractivity contribution < 1.29 is 10.2 Å². The minimum absolute atomic E-state index is 0.00570. The Morgan fingerprint density at radius 2 is 2.32 bits per heavy atom. The minimum atomic E-state index is -0.456. The van der Waals surface area contributed by atoms with Crippen molar-refractivity contribution in [3.63, 3.8) is 0 Å². The summed E-state index contributed by atoms with van der Waals surface area (Å²) in [4.78, 5) is 2.17. The van der Waals surface area contributed by atoms with Crippen molar-refractivity contribution in [1.29, 1.82) is 5.26 Å². The molecule has 0 aromatic carbocycles. The molecule has 2 atom stereocenters. The van der Waals surface area contributed by atoms with Crippen LogP contribution >= 0.6 is 0 Å². The first kappa shape index (κ1) is 14.1. The average molecular weight is 263 g/mol. The minimum Gasteiger partial charge on any atom is -0.396 e. The van der Waals surface area contributed by atoms with Gasteiger partial charge in [0.1, 0.15) is 11.8 Å². The third kappa shape index (κ3) is 3.16. The number of piperidine rings is 1. The van der Waals surface area contributed by atoms with Crippen LogP contribution in [0.1, 0.15) is 24.6 Å². The molecule has 0 saturated carbocycles. The molecule has 1 aliphatic heterocycles. The third-order valence-corrected chi connectivity index (χ3v) is 3.85. The molecular formula is C14H21N3O2. The molecule has 1 aromatic heterocycles. The van der Waals surface area contributed by atoms with E-state index in [1.807, 2.05) is 23.8 Å². The van der Waals surface area contributed by atoms with Crippen molar-refractivity contribution in [3.05, 3.63) is 23.5 Å². The van der Waals surface area contributed by atoms with Gasteiger partial charge in [-0.3, -0.25) is 4.90 Å². The molecule has 0 unspecified atom stereocenters. The van der Waals surface area contributed by atoms with Crippen LogP contribution < -0.4 is 0 Å². The number of β-amino-alcohol motifs (C(OH)–C–C–N with tert-alkyl or cyclic N) is 1. The smallest absolute Gasteiger partial charge is 0.120 e. The van der Waals surface area contributed by atoms with E-state index in [1.165, 1.54) is 0 Å². The third-order valence-electron chi connectivity index (χ3n) is 3.85. The van der Waals surface area contributed by atoms with Gasteiger partial charge in [0.25, 0.3) is 0 Å². The first-order valence-electron chi connectivity index (χ1n) is 6.78. The van der Waals surface area contributed by atoms with Gasteiger partial charge in [0.2, 0.25) is 0 Å². The standard InChI is InChI=1S/C14H21N3O2/c1-2-17-8-11(5-13(17)6-15)7-16-4-3-12(10-18)14(19)9-16/h5,8,12,14,18-19H,2-4,7,9-10H2,1H3/t12-,14-/m1/s1. The van der Waals surface area contributed by atoms with E-state index in [-0.39, 0.29) is 12.5 Å². The van der Waals surface area contributed by atoms with Crippen LogP contribution in [0.2, 0.25) is 0 Å². The van der Waals surface area contributed by atoms with Gasteiger partial charge in [0.15, 0.2) is 0 Å². The zero-order valence-corrected chi connectivity index (χ0v) is 11.3. The monoisotopic (exact) mass is 263 g/mol. The van der Waals surface area contributed by atoms with Crippen LogP contribution in [-0.4, -0.2) is 45.5 Å². The van der Waals surface area contributed by atoms with E-state index in [4.69, 9.17) is 10.4 Å². The summed E-state index contributed by atoms with van der Waals surface area (Å²) in [6.45, 7) is 5.07. The van der Waals surface area contributed by atoms with E-state index in [0.29, 0.717) is 12.2 Å². The summed E-state index contributed by atoms with van der Waals surface area (Å²) in [6, 6.07) is 4.10. The van der Waals surface area contributed by atoms with Gasteiger partial charge in [0.05, 0.1) is 6.10 Å². The largest absolute Gasteiger partial charge is 0.396 e. The van der Waals surface area contributed by atoms with Crippen molar-refractivity contribution in [1.82, 2.24) is 9.47 Å². The molecule has 0 bridgehead atoms. The van der Waals surface area contributed by atoms with Gasteiger partial charge in [-0.2, -0.15) is 5.26 Å². The Morgan fingerprint density at radius 3 is 2.84 bits per heavy atom. The number of nitriles is 1. The van der Waals surface area contributed by atoms with Gasteiger partial charge in [-0.05, 0) is 31.5 Å². The zero-order chi connectivity index (χ0) is 13.8. The molecule has 19 heavy (non-hydrogen) atoms. The first-order valence-corrected chi connectivity index (χ1v) is 6.78. The Morgan fingerprint density at radius 1 is 1.53 bits per heavy atom. The predicted octanol–water partition coefficient (Wildman–Crippen LogP) is 0.555. The van der Waals surface area contributed by atoms with Crippen LogP contribution in [0.15, 0.2) is 12.3 Å². The fourth-order valence-corrected chi connectivity index (χ4v) is 2.67. The fraction of sp³-hybridized carbons (Fsp3) is 0.643. The van der Waals surface area contributed by atoms with Crippen molar-refractivity contribution in [3.8, 4) is 6.07 Å². The number of hydrogen-bond acceptors (Lipinski definition) is 4. The number of rotatable bonds is 4. The van der Waals surface area contributed by atoms with Crippen LogP contribution in [0.5, 0.6) is 0 Å². The van der Waals surface area contributed by atoms with E-state index < -0.39 is 6.10 Å². The Balaban J connectivity index is 1.99. The molecule has 2 rings (SSSR count). The van der Waals surface area contributed by atoms with Crippen LogP contribution in [0, 0.1) is 17.2 Å². The van der Waals surface area contributed by atoms with E-state index >= 15 is 0 Å². The Labute approximate surface area is 113 Å². The lowest BCUT2D eigenvalue weighted by Crippen LogP contribution is -2.44. The first-order chi connectivity index (χ1) is 9.17. The summed E-state index contributed by atoms with van der Waals surface area (Å²) in [6.07, 6.45) is 2.36. The van der Waals surface area contributed by atoms with Crippen molar-refractivity contribution >= 4 is 0 Å². The van der Waals surface area contributed by atoms with E-state index in [1.54, 1.807) is 0 Å². The Bertz CT molecular complexity index is 464. The van der Waals surface area contributed by atoms with Crippen molar-refractivity contribution in [2.45, 2.75) is 32.5 Å². The number of aliphatic hydroxyl groups is 2. The van der Waals surface area contributed by atoms with Crippen LogP contribution in [0.4, 0.5) is 0 Å². The normalized spacial score (nSPS) is 24.3. The molecule has 0 spiro atoms. The lowest BCUT2D eigenvalue weighted by atomic mass is 9.94. The molecule has 1 aliphatic rings. The predicted molar refractivity (Wildman–Crippen MR) is 71.3 cm³/mol. The second kappa shape index (κ2) is 6.20. The highest BCUT2D eigenvalue weighted by Crippen LogP contribution is 2.20. The number of aliphatic hydroxyl groups excluding tert-OH is 2. The highest BCUT2D eigenvalue weighted by molar-refractivity contribution is 5.28. The second-order valence-electron chi connectivity index (χ2n) is 5.17. The van der Waals surface area contributed by atoms with Gasteiger partial charge in [0, 0.05) is 38.4 Å². The van der Waals surface area contributed by atoms with Gasteiger partial charge in [-0.1, -0.05) is 0 Å². The SMILES string of the molecule is CCn1cc(CN2CC[C@H](CO)[C@H](O)C2)cc1C#N. The molecular weight excluding hydrogens is 242 g/mol. The number of aromatic nitrogens is 1. The summed E-state index contributed by atoms with van der Waals surface area (Å²) >= 11 is 0. The summed E-state index contributed by atoms with van der Waals surface area (Å²) in [5, 5.41) is 28.1. The second-order valence-corrected chi connectivity index (χ2v) is 5.17. The lowest BCUT2D eigenvalue weighted by molar-refractivity contribution is -0.00444. The summed E-state index contributed by atoms with van der Waals surface area (Å²) in [7, 11) is 0. The molecule has 1 saturated heterocycles. The topological polar surface area (TPSA) is 72.4 Å². The molecule has 1 aromatic rings.